The lowest BCUT2D eigenvalue weighted by molar-refractivity contribution is -0.119. The standard InChI is InChI=1S/C13H24O3/c1-11(14)10-13(15-2)8-9-16-12-6-4-3-5-7-12/h12-13H,3-10H2,1-2H3. The molecule has 3 nitrogen and oxygen atoms in total. The predicted molar refractivity (Wildman–Crippen MR) is 63.5 cm³/mol. The van der Waals surface area contributed by atoms with E-state index in [9.17, 15) is 4.79 Å². The molecule has 1 aliphatic carbocycles. The monoisotopic (exact) mass is 228 g/mol. The summed E-state index contributed by atoms with van der Waals surface area (Å²) in [5.74, 6) is 0.185. The Morgan fingerprint density at radius 3 is 2.56 bits per heavy atom. The van der Waals surface area contributed by atoms with Crippen LogP contribution in [-0.2, 0) is 14.3 Å². The Kier molecular flexibility index (Phi) is 6.65. The van der Waals surface area contributed by atoms with Crippen LogP contribution in [0.4, 0.5) is 0 Å². The van der Waals surface area contributed by atoms with Crippen LogP contribution in [0.1, 0.15) is 51.9 Å². The number of ether oxygens (including phenoxy) is 2. The molecular weight excluding hydrogens is 204 g/mol. The number of ketones is 1. The molecule has 1 atom stereocenters. The van der Waals surface area contributed by atoms with E-state index >= 15 is 0 Å². The molecule has 0 aliphatic heterocycles. The molecule has 1 rings (SSSR count). The van der Waals surface area contributed by atoms with Gasteiger partial charge in [0.05, 0.1) is 12.2 Å². The number of carbonyl (C=O) groups excluding carboxylic acids is 1. The van der Waals surface area contributed by atoms with Gasteiger partial charge >= 0.3 is 0 Å². The minimum Gasteiger partial charge on any atom is -0.381 e. The third kappa shape index (κ3) is 5.61. The molecule has 0 spiro atoms. The van der Waals surface area contributed by atoms with E-state index in [0.29, 0.717) is 12.5 Å². The Morgan fingerprint density at radius 2 is 2.00 bits per heavy atom. The molecule has 0 heterocycles. The number of rotatable bonds is 7. The van der Waals surface area contributed by atoms with Gasteiger partial charge in [-0.15, -0.1) is 0 Å². The second kappa shape index (κ2) is 7.80. The summed E-state index contributed by atoms with van der Waals surface area (Å²) in [4.78, 5) is 11.0. The van der Waals surface area contributed by atoms with Crippen molar-refractivity contribution < 1.29 is 14.3 Å². The van der Waals surface area contributed by atoms with Gasteiger partial charge in [-0.3, -0.25) is 4.79 Å². The van der Waals surface area contributed by atoms with Gasteiger partial charge in [-0.1, -0.05) is 19.3 Å². The summed E-state index contributed by atoms with van der Waals surface area (Å²) >= 11 is 0. The topological polar surface area (TPSA) is 35.5 Å². The lowest BCUT2D eigenvalue weighted by atomic mass is 9.98. The van der Waals surface area contributed by atoms with Crippen LogP contribution in [0.5, 0.6) is 0 Å². The fourth-order valence-corrected chi connectivity index (χ4v) is 2.22. The number of methoxy groups -OCH3 is 1. The zero-order valence-corrected chi connectivity index (χ0v) is 10.5. The van der Waals surface area contributed by atoms with Crippen molar-refractivity contribution in [2.45, 2.75) is 64.1 Å². The minimum absolute atomic E-state index is 0.0288. The van der Waals surface area contributed by atoms with Crippen LogP contribution < -0.4 is 0 Å². The van der Waals surface area contributed by atoms with Crippen LogP contribution in [-0.4, -0.2) is 31.7 Å². The van der Waals surface area contributed by atoms with Crippen molar-refractivity contribution in [2.75, 3.05) is 13.7 Å². The zero-order valence-electron chi connectivity index (χ0n) is 10.5. The summed E-state index contributed by atoms with van der Waals surface area (Å²) in [5.41, 5.74) is 0. The van der Waals surface area contributed by atoms with Gasteiger partial charge in [0, 0.05) is 20.1 Å². The molecule has 0 aromatic carbocycles. The molecule has 3 heteroatoms. The van der Waals surface area contributed by atoms with Crippen LogP contribution in [0.2, 0.25) is 0 Å². The highest BCUT2D eigenvalue weighted by Crippen LogP contribution is 2.20. The van der Waals surface area contributed by atoms with Gasteiger partial charge in [-0.2, -0.15) is 0 Å². The molecule has 94 valence electrons. The van der Waals surface area contributed by atoms with Crippen LogP contribution in [0.15, 0.2) is 0 Å². The minimum atomic E-state index is 0.0288. The lowest BCUT2D eigenvalue weighted by Gasteiger charge is -2.23. The molecule has 0 amide bonds. The molecule has 1 aliphatic rings. The van der Waals surface area contributed by atoms with Crippen molar-refractivity contribution in [2.24, 2.45) is 0 Å². The first kappa shape index (κ1) is 13.7. The van der Waals surface area contributed by atoms with Gasteiger partial charge in [0.1, 0.15) is 5.78 Å². The van der Waals surface area contributed by atoms with E-state index in [4.69, 9.17) is 9.47 Å². The van der Waals surface area contributed by atoms with Crippen molar-refractivity contribution in [3.05, 3.63) is 0 Å². The first-order valence-electron chi connectivity index (χ1n) is 6.36. The van der Waals surface area contributed by atoms with Gasteiger partial charge < -0.3 is 9.47 Å². The second-order valence-corrected chi connectivity index (χ2v) is 4.68. The van der Waals surface area contributed by atoms with E-state index in [0.717, 1.165) is 13.0 Å². The molecule has 0 N–H and O–H groups in total. The first-order chi connectivity index (χ1) is 7.72. The molecule has 1 fully saturated rings. The third-order valence-corrected chi connectivity index (χ3v) is 3.19. The Labute approximate surface area is 98.5 Å². The van der Waals surface area contributed by atoms with E-state index in [-0.39, 0.29) is 11.9 Å². The van der Waals surface area contributed by atoms with E-state index in [2.05, 4.69) is 0 Å². The molecule has 0 bridgehead atoms. The fraction of sp³-hybridized carbons (Fsp3) is 0.923. The predicted octanol–water partition coefficient (Wildman–Crippen LogP) is 2.72. The normalized spacial score (nSPS) is 19.6. The van der Waals surface area contributed by atoms with Gasteiger partial charge in [0.2, 0.25) is 0 Å². The molecule has 0 aromatic heterocycles. The van der Waals surface area contributed by atoms with Gasteiger partial charge in [0.15, 0.2) is 0 Å². The molecule has 0 saturated heterocycles. The Hall–Kier alpha value is -0.410. The smallest absolute Gasteiger partial charge is 0.132 e. The summed E-state index contributed by atoms with van der Waals surface area (Å²) < 4.78 is 11.1. The molecular formula is C13H24O3. The highest BCUT2D eigenvalue weighted by molar-refractivity contribution is 5.75. The van der Waals surface area contributed by atoms with Crippen LogP contribution in [0, 0.1) is 0 Å². The molecule has 0 radical (unpaired) electrons. The number of carbonyl (C=O) groups is 1. The SMILES string of the molecule is COC(CCOC1CCCCC1)CC(C)=O. The molecule has 16 heavy (non-hydrogen) atoms. The zero-order chi connectivity index (χ0) is 11.8. The van der Waals surface area contributed by atoms with Gasteiger partial charge in [-0.05, 0) is 26.2 Å². The summed E-state index contributed by atoms with van der Waals surface area (Å²) in [6.45, 7) is 2.32. The Bertz CT molecular complexity index is 197. The number of hydrogen-bond donors (Lipinski definition) is 0. The van der Waals surface area contributed by atoms with Crippen LogP contribution in [0.3, 0.4) is 0 Å². The van der Waals surface area contributed by atoms with Crippen LogP contribution >= 0.6 is 0 Å². The Morgan fingerprint density at radius 1 is 1.31 bits per heavy atom. The molecule has 1 saturated carbocycles. The van der Waals surface area contributed by atoms with E-state index in [1.807, 2.05) is 0 Å². The fourth-order valence-electron chi connectivity index (χ4n) is 2.22. The van der Waals surface area contributed by atoms with Gasteiger partial charge in [-0.25, -0.2) is 0 Å². The summed E-state index contributed by atoms with van der Waals surface area (Å²) in [5, 5.41) is 0. The second-order valence-electron chi connectivity index (χ2n) is 4.68. The highest BCUT2D eigenvalue weighted by Gasteiger charge is 2.15. The van der Waals surface area contributed by atoms with Crippen molar-refractivity contribution in [1.29, 1.82) is 0 Å². The maximum atomic E-state index is 11.0. The van der Waals surface area contributed by atoms with Crippen molar-refractivity contribution >= 4 is 5.78 Å². The number of hydrogen-bond acceptors (Lipinski definition) is 3. The first-order valence-corrected chi connectivity index (χ1v) is 6.36. The highest BCUT2D eigenvalue weighted by atomic mass is 16.5. The summed E-state index contributed by atoms with van der Waals surface area (Å²) in [7, 11) is 1.66. The average molecular weight is 228 g/mol. The van der Waals surface area contributed by atoms with E-state index < -0.39 is 0 Å². The average Bonchev–Trinajstić information content (AvgIpc) is 2.28. The van der Waals surface area contributed by atoms with Gasteiger partial charge in [0.25, 0.3) is 0 Å². The lowest BCUT2D eigenvalue weighted by Crippen LogP contribution is -2.21. The maximum absolute atomic E-state index is 11.0. The number of Topliss-reactive ketones (excluding diaryl/α,β-unsaturated/α-hetero) is 1. The maximum Gasteiger partial charge on any atom is 0.132 e. The summed E-state index contributed by atoms with van der Waals surface area (Å²) in [6.07, 6.45) is 8.15. The Balaban J connectivity index is 2.09. The van der Waals surface area contributed by atoms with E-state index in [1.165, 1.54) is 32.1 Å². The molecule has 0 aromatic rings. The van der Waals surface area contributed by atoms with E-state index in [1.54, 1.807) is 14.0 Å². The third-order valence-electron chi connectivity index (χ3n) is 3.19. The van der Waals surface area contributed by atoms with Crippen molar-refractivity contribution in [3.63, 3.8) is 0 Å². The van der Waals surface area contributed by atoms with Crippen molar-refractivity contribution in [1.82, 2.24) is 0 Å². The van der Waals surface area contributed by atoms with Crippen molar-refractivity contribution in [3.8, 4) is 0 Å². The molecule has 1 unspecified atom stereocenters. The largest absolute Gasteiger partial charge is 0.381 e. The van der Waals surface area contributed by atoms with Crippen LogP contribution in [0.25, 0.3) is 0 Å². The summed E-state index contributed by atoms with van der Waals surface area (Å²) in [6, 6.07) is 0. The quantitative estimate of drug-likeness (QED) is 0.672.